The average Bonchev–Trinajstić information content (AvgIpc) is 3.11. The lowest BCUT2D eigenvalue weighted by Gasteiger charge is -2.26. The molecule has 0 aliphatic carbocycles. The van der Waals surface area contributed by atoms with Crippen LogP contribution in [0.5, 0.6) is 5.75 Å². The van der Waals surface area contributed by atoms with E-state index in [0.29, 0.717) is 13.1 Å². The SMILES string of the molecule is COc1ccc(-c2nc3c(s2)CN(C(=O)c2ccccc2)CC3)cc1. The minimum atomic E-state index is 0.0886. The molecule has 1 aliphatic heterocycles. The fourth-order valence-corrected chi connectivity index (χ4v) is 4.12. The van der Waals surface area contributed by atoms with Gasteiger partial charge >= 0.3 is 0 Å². The van der Waals surface area contributed by atoms with Gasteiger partial charge in [-0.2, -0.15) is 0 Å². The molecule has 1 aliphatic rings. The highest BCUT2D eigenvalue weighted by Gasteiger charge is 2.25. The van der Waals surface area contributed by atoms with Gasteiger partial charge in [0.15, 0.2) is 0 Å². The van der Waals surface area contributed by atoms with Gasteiger partial charge in [-0.05, 0) is 36.4 Å². The molecule has 0 saturated carbocycles. The largest absolute Gasteiger partial charge is 0.497 e. The first-order valence-corrected chi connectivity index (χ1v) is 9.03. The van der Waals surface area contributed by atoms with E-state index < -0.39 is 0 Å². The maximum atomic E-state index is 12.7. The zero-order valence-corrected chi connectivity index (χ0v) is 14.8. The van der Waals surface area contributed by atoms with Gasteiger partial charge < -0.3 is 9.64 Å². The second-order valence-corrected chi connectivity index (χ2v) is 7.04. The molecular formula is C20H18N2O2S. The lowest BCUT2D eigenvalue weighted by molar-refractivity contribution is 0.0736. The number of aromatic nitrogens is 1. The number of hydrogen-bond acceptors (Lipinski definition) is 4. The first-order valence-electron chi connectivity index (χ1n) is 8.22. The Morgan fingerprint density at radius 1 is 1.12 bits per heavy atom. The summed E-state index contributed by atoms with van der Waals surface area (Å²) >= 11 is 1.67. The number of hydrogen-bond donors (Lipinski definition) is 0. The first-order chi connectivity index (χ1) is 12.2. The van der Waals surface area contributed by atoms with Gasteiger partial charge in [0, 0.05) is 29.0 Å². The van der Waals surface area contributed by atoms with Crippen LogP contribution in [0.15, 0.2) is 54.6 Å². The van der Waals surface area contributed by atoms with Crippen LogP contribution in [-0.2, 0) is 13.0 Å². The van der Waals surface area contributed by atoms with Crippen LogP contribution in [0.1, 0.15) is 20.9 Å². The van der Waals surface area contributed by atoms with Gasteiger partial charge in [0.05, 0.1) is 19.3 Å². The summed E-state index contributed by atoms with van der Waals surface area (Å²) in [6.45, 7) is 1.35. The fourth-order valence-electron chi connectivity index (χ4n) is 2.99. The van der Waals surface area contributed by atoms with Crippen LogP contribution in [0.3, 0.4) is 0 Å². The van der Waals surface area contributed by atoms with E-state index in [1.807, 2.05) is 59.5 Å². The fraction of sp³-hybridized carbons (Fsp3) is 0.200. The maximum Gasteiger partial charge on any atom is 0.254 e. The summed E-state index contributed by atoms with van der Waals surface area (Å²) in [7, 11) is 1.66. The molecule has 5 heteroatoms. The van der Waals surface area contributed by atoms with Gasteiger partial charge in [0.2, 0.25) is 0 Å². The number of rotatable bonds is 3. The summed E-state index contributed by atoms with van der Waals surface area (Å²) in [5.74, 6) is 0.926. The molecule has 3 aromatic rings. The Morgan fingerprint density at radius 3 is 2.60 bits per heavy atom. The molecular weight excluding hydrogens is 332 g/mol. The Bertz CT molecular complexity index is 888. The molecule has 2 heterocycles. The van der Waals surface area contributed by atoms with E-state index in [4.69, 9.17) is 9.72 Å². The lowest BCUT2D eigenvalue weighted by Crippen LogP contribution is -2.35. The number of carbonyl (C=O) groups is 1. The zero-order valence-electron chi connectivity index (χ0n) is 13.9. The molecule has 2 aromatic carbocycles. The van der Waals surface area contributed by atoms with Crippen molar-refractivity contribution in [3.05, 3.63) is 70.7 Å². The van der Waals surface area contributed by atoms with Gasteiger partial charge in [0.1, 0.15) is 10.8 Å². The minimum absolute atomic E-state index is 0.0886. The molecule has 126 valence electrons. The van der Waals surface area contributed by atoms with Crippen LogP contribution in [0.4, 0.5) is 0 Å². The van der Waals surface area contributed by atoms with Crippen LogP contribution in [0.25, 0.3) is 10.6 Å². The number of benzene rings is 2. The van der Waals surface area contributed by atoms with E-state index in [0.717, 1.165) is 34.0 Å². The minimum Gasteiger partial charge on any atom is -0.497 e. The van der Waals surface area contributed by atoms with E-state index in [9.17, 15) is 4.79 Å². The maximum absolute atomic E-state index is 12.7. The number of fused-ring (bicyclic) bond motifs is 1. The first kappa shape index (κ1) is 15.8. The molecule has 0 atom stereocenters. The number of carbonyl (C=O) groups excluding carboxylic acids is 1. The van der Waals surface area contributed by atoms with Crippen molar-refractivity contribution < 1.29 is 9.53 Å². The third kappa shape index (κ3) is 3.15. The lowest BCUT2D eigenvalue weighted by atomic mass is 10.1. The summed E-state index contributed by atoms with van der Waals surface area (Å²) in [6.07, 6.45) is 0.806. The highest BCUT2D eigenvalue weighted by Crippen LogP contribution is 2.32. The van der Waals surface area contributed by atoms with Crippen molar-refractivity contribution in [1.29, 1.82) is 0 Å². The molecule has 0 radical (unpaired) electrons. The molecule has 4 nitrogen and oxygen atoms in total. The van der Waals surface area contributed by atoms with Crippen molar-refractivity contribution >= 4 is 17.2 Å². The molecule has 25 heavy (non-hydrogen) atoms. The highest BCUT2D eigenvalue weighted by atomic mass is 32.1. The summed E-state index contributed by atoms with van der Waals surface area (Å²) in [6, 6.07) is 17.4. The van der Waals surface area contributed by atoms with Gasteiger partial charge in [-0.15, -0.1) is 11.3 Å². The van der Waals surface area contributed by atoms with Crippen molar-refractivity contribution in [1.82, 2.24) is 9.88 Å². The quantitative estimate of drug-likeness (QED) is 0.716. The molecule has 0 spiro atoms. The molecule has 1 aromatic heterocycles. The standard InChI is InChI=1S/C20H18N2O2S/c1-24-16-9-7-14(8-10-16)19-21-17-11-12-22(13-18(17)25-19)20(23)15-5-3-2-4-6-15/h2-10H,11-13H2,1H3. The van der Waals surface area contributed by atoms with Crippen molar-refractivity contribution in [3.8, 4) is 16.3 Å². The number of ether oxygens (including phenoxy) is 1. The average molecular weight is 350 g/mol. The Morgan fingerprint density at radius 2 is 1.88 bits per heavy atom. The summed E-state index contributed by atoms with van der Waals surface area (Å²) in [4.78, 5) is 20.5. The summed E-state index contributed by atoms with van der Waals surface area (Å²) < 4.78 is 5.21. The number of amides is 1. The molecule has 0 N–H and O–H groups in total. The third-order valence-corrected chi connectivity index (χ3v) is 5.51. The molecule has 0 bridgehead atoms. The topological polar surface area (TPSA) is 42.4 Å². The van der Waals surface area contributed by atoms with Crippen LogP contribution in [-0.4, -0.2) is 29.4 Å². The second kappa shape index (κ2) is 6.69. The molecule has 1 amide bonds. The molecule has 0 unspecified atom stereocenters. The monoisotopic (exact) mass is 350 g/mol. The van der Waals surface area contributed by atoms with E-state index in [1.165, 1.54) is 4.88 Å². The Labute approximate surface area is 150 Å². The zero-order chi connectivity index (χ0) is 17.2. The van der Waals surface area contributed by atoms with Crippen LogP contribution in [0, 0.1) is 0 Å². The molecule has 0 saturated heterocycles. The van der Waals surface area contributed by atoms with E-state index in [1.54, 1.807) is 18.4 Å². The number of thiazole rings is 1. The normalized spacial score (nSPS) is 13.4. The van der Waals surface area contributed by atoms with Crippen LogP contribution >= 0.6 is 11.3 Å². The van der Waals surface area contributed by atoms with Crippen LogP contribution in [0.2, 0.25) is 0 Å². The van der Waals surface area contributed by atoms with Crippen molar-refractivity contribution in [2.24, 2.45) is 0 Å². The highest BCUT2D eigenvalue weighted by molar-refractivity contribution is 7.15. The van der Waals surface area contributed by atoms with E-state index in [-0.39, 0.29) is 5.91 Å². The summed E-state index contributed by atoms with van der Waals surface area (Å²) in [5, 5.41) is 1.00. The van der Waals surface area contributed by atoms with Gasteiger partial charge in [-0.25, -0.2) is 4.98 Å². The molecule has 0 fully saturated rings. The Balaban J connectivity index is 1.55. The van der Waals surface area contributed by atoms with Gasteiger partial charge in [-0.1, -0.05) is 18.2 Å². The van der Waals surface area contributed by atoms with E-state index in [2.05, 4.69) is 0 Å². The van der Waals surface area contributed by atoms with Crippen molar-refractivity contribution in [2.75, 3.05) is 13.7 Å². The third-order valence-electron chi connectivity index (χ3n) is 4.38. The summed E-state index contributed by atoms with van der Waals surface area (Å²) in [5.41, 5.74) is 2.94. The number of nitrogens with zero attached hydrogens (tertiary/aromatic N) is 2. The van der Waals surface area contributed by atoms with Crippen molar-refractivity contribution in [3.63, 3.8) is 0 Å². The van der Waals surface area contributed by atoms with Crippen molar-refractivity contribution in [2.45, 2.75) is 13.0 Å². The Hall–Kier alpha value is -2.66. The Kier molecular flexibility index (Phi) is 4.24. The number of methoxy groups -OCH3 is 1. The smallest absolute Gasteiger partial charge is 0.254 e. The van der Waals surface area contributed by atoms with E-state index >= 15 is 0 Å². The second-order valence-electron chi connectivity index (χ2n) is 5.96. The van der Waals surface area contributed by atoms with Gasteiger partial charge in [0.25, 0.3) is 5.91 Å². The van der Waals surface area contributed by atoms with Crippen LogP contribution < -0.4 is 4.74 Å². The molecule has 4 rings (SSSR count). The predicted molar refractivity (Wildman–Crippen MR) is 99.0 cm³/mol. The predicted octanol–water partition coefficient (Wildman–Crippen LogP) is 4.02. The van der Waals surface area contributed by atoms with Gasteiger partial charge in [-0.3, -0.25) is 4.79 Å².